The van der Waals surface area contributed by atoms with Crippen LogP contribution in [0.25, 0.3) is 5.69 Å². The zero-order valence-corrected chi connectivity index (χ0v) is 12.1. The van der Waals surface area contributed by atoms with E-state index < -0.39 is 0 Å². The monoisotopic (exact) mass is 298 g/mol. The summed E-state index contributed by atoms with van der Waals surface area (Å²) < 4.78 is 3.17. The highest BCUT2D eigenvalue weighted by atomic mass is 16.2. The molecule has 3 rings (SSSR count). The molecule has 2 amide bonds. The molecular weight excluding hydrogens is 284 g/mol. The van der Waals surface area contributed by atoms with Crippen LogP contribution in [0.15, 0.2) is 36.8 Å². The fourth-order valence-corrected chi connectivity index (χ4v) is 2.02. The van der Waals surface area contributed by atoms with Crippen molar-refractivity contribution in [1.29, 1.82) is 0 Å². The molecule has 0 aliphatic heterocycles. The second-order valence-electron chi connectivity index (χ2n) is 4.71. The lowest BCUT2D eigenvalue weighted by Crippen LogP contribution is -2.20. The van der Waals surface area contributed by atoms with E-state index in [4.69, 9.17) is 0 Å². The molecule has 9 nitrogen and oxygen atoms in total. The van der Waals surface area contributed by atoms with Crippen molar-refractivity contribution < 1.29 is 4.79 Å². The van der Waals surface area contributed by atoms with Gasteiger partial charge in [0.05, 0.1) is 5.69 Å². The van der Waals surface area contributed by atoms with Crippen LogP contribution in [0.2, 0.25) is 0 Å². The zero-order valence-electron chi connectivity index (χ0n) is 12.1. The van der Waals surface area contributed by atoms with Crippen LogP contribution in [-0.2, 0) is 7.05 Å². The quantitative estimate of drug-likeness (QED) is 0.759. The van der Waals surface area contributed by atoms with Crippen molar-refractivity contribution >= 4 is 17.5 Å². The number of rotatable bonds is 3. The third-order valence-electron chi connectivity index (χ3n) is 3.01. The van der Waals surface area contributed by atoms with E-state index in [0.717, 1.165) is 11.3 Å². The zero-order chi connectivity index (χ0) is 15.5. The van der Waals surface area contributed by atoms with E-state index in [2.05, 4.69) is 31.3 Å². The Bertz CT molecular complexity index is 792. The maximum Gasteiger partial charge on any atom is 0.324 e. The lowest BCUT2D eigenvalue weighted by molar-refractivity contribution is 0.262. The van der Waals surface area contributed by atoms with Gasteiger partial charge in [-0.15, -0.1) is 5.10 Å². The summed E-state index contributed by atoms with van der Waals surface area (Å²) in [4.78, 5) is 11.9. The fourth-order valence-electron chi connectivity index (χ4n) is 2.02. The lowest BCUT2D eigenvalue weighted by atomic mass is 10.2. The Balaban J connectivity index is 1.70. The first-order valence-corrected chi connectivity index (χ1v) is 6.53. The molecule has 0 unspecified atom stereocenters. The van der Waals surface area contributed by atoms with Crippen molar-refractivity contribution in [3.05, 3.63) is 42.4 Å². The largest absolute Gasteiger partial charge is 0.324 e. The van der Waals surface area contributed by atoms with Gasteiger partial charge in [0.1, 0.15) is 6.33 Å². The predicted molar refractivity (Wildman–Crippen MR) is 79.7 cm³/mol. The van der Waals surface area contributed by atoms with Crippen LogP contribution in [0.4, 0.5) is 16.3 Å². The number of anilines is 2. The Morgan fingerprint density at radius 1 is 1.23 bits per heavy atom. The van der Waals surface area contributed by atoms with Gasteiger partial charge in [0, 0.05) is 25.0 Å². The van der Waals surface area contributed by atoms with E-state index in [1.807, 2.05) is 19.1 Å². The average Bonchev–Trinajstić information content (AvgIpc) is 3.11. The van der Waals surface area contributed by atoms with Gasteiger partial charge in [-0.3, -0.25) is 10.00 Å². The SMILES string of the molecule is Cc1cc(NC(=O)Nc2ccn(C)n2)ccc1-n1cnnn1. The van der Waals surface area contributed by atoms with Crippen LogP contribution in [0.3, 0.4) is 0 Å². The van der Waals surface area contributed by atoms with E-state index in [0.29, 0.717) is 11.5 Å². The molecular formula is C13H14N8O. The molecule has 0 fully saturated rings. The van der Waals surface area contributed by atoms with Gasteiger partial charge in [-0.05, 0) is 41.1 Å². The number of urea groups is 1. The van der Waals surface area contributed by atoms with E-state index in [9.17, 15) is 4.79 Å². The number of aryl methyl sites for hydroxylation is 2. The molecule has 1 aromatic carbocycles. The van der Waals surface area contributed by atoms with Gasteiger partial charge in [0.15, 0.2) is 5.82 Å². The number of hydrogen-bond donors (Lipinski definition) is 2. The minimum absolute atomic E-state index is 0.353. The Labute approximate surface area is 125 Å². The molecule has 9 heteroatoms. The Hall–Kier alpha value is -3.23. The fraction of sp³-hybridized carbons (Fsp3) is 0.154. The van der Waals surface area contributed by atoms with Gasteiger partial charge < -0.3 is 5.32 Å². The molecule has 0 atom stereocenters. The second kappa shape index (κ2) is 5.64. The van der Waals surface area contributed by atoms with Crippen molar-refractivity contribution in [3.8, 4) is 5.69 Å². The first-order valence-electron chi connectivity index (χ1n) is 6.53. The van der Waals surface area contributed by atoms with Crippen LogP contribution >= 0.6 is 0 Å². The number of hydrogen-bond acceptors (Lipinski definition) is 5. The summed E-state index contributed by atoms with van der Waals surface area (Å²) in [5.74, 6) is 0.488. The topological polar surface area (TPSA) is 103 Å². The molecule has 2 N–H and O–H groups in total. The first kappa shape index (κ1) is 13.7. The lowest BCUT2D eigenvalue weighted by Gasteiger charge is -2.09. The summed E-state index contributed by atoms with van der Waals surface area (Å²) in [6, 6.07) is 6.82. The Morgan fingerprint density at radius 2 is 2.09 bits per heavy atom. The highest BCUT2D eigenvalue weighted by Gasteiger charge is 2.07. The highest BCUT2D eigenvalue weighted by molar-refractivity contribution is 5.99. The van der Waals surface area contributed by atoms with Crippen molar-refractivity contribution in [2.45, 2.75) is 6.92 Å². The van der Waals surface area contributed by atoms with Gasteiger partial charge >= 0.3 is 6.03 Å². The van der Waals surface area contributed by atoms with E-state index in [1.165, 1.54) is 6.33 Å². The molecule has 0 spiro atoms. The van der Waals surface area contributed by atoms with Gasteiger partial charge in [-0.2, -0.15) is 5.10 Å². The molecule has 0 bridgehead atoms. The first-order chi connectivity index (χ1) is 10.6. The van der Waals surface area contributed by atoms with Crippen molar-refractivity contribution in [2.75, 3.05) is 10.6 Å². The van der Waals surface area contributed by atoms with Crippen LogP contribution < -0.4 is 10.6 Å². The number of nitrogens with zero attached hydrogens (tertiary/aromatic N) is 6. The molecule has 2 aromatic heterocycles. The minimum Gasteiger partial charge on any atom is -0.308 e. The van der Waals surface area contributed by atoms with Crippen molar-refractivity contribution in [2.24, 2.45) is 7.05 Å². The average molecular weight is 298 g/mol. The number of amides is 2. The number of carbonyl (C=O) groups is 1. The van der Waals surface area contributed by atoms with Crippen molar-refractivity contribution in [3.63, 3.8) is 0 Å². The molecule has 3 aromatic rings. The van der Waals surface area contributed by atoms with Gasteiger partial charge in [-0.25, -0.2) is 9.48 Å². The van der Waals surface area contributed by atoms with Crippen molar-refractivity contribution in [1.82, 2.24) is 30.0 Å². The molecule has 112 valence electrons. The standard InChI is InChI=1S/C13H14N8O/c1-9-7-10(3-4-11(9)21-8-14-18-19-21)15-13(22)16-12-5-6-20(2)17-12/h3-8H,1-2H3,(H2,15,16,17,22). The molecule has 0 radical (unpaired) electrons. The highest BCUT2D eigenvalue weighted by Crippen LogP contribution is 2.18. The predicted octanol–water partition coefficient (Wildman–Crippen LogP) is 1.35. The summed E-state index contributed by atoms with van der Waals surface area (Å²) in [6.45, 7) is 1.92. The Morgan fingerprint density at radius 3 is 2.73 bits per heavy atom. The van der Waals surface area contributed by atoms with Gasteiger partial charge in [0.25, 0.3) is 0 Å². The third-order valence-corrected chi connectivity index (χ3v) is 3.01. The molecule has 22 heavy (non-hydrogen) atoms. The summed E-state index contributed by atoms with van der Waals surface area (Å²) in [6.07, 6.45) is 3.27. The van der Waals surface area contributed by atoms with Crippen LogP contribution in [0.1, 0.15) is 5.56 Å². The summed E-state index contributed by atoms with van der Waals surface area (Å²) >= 11 is 0. The summed E-state index contributed by atoms with van der Waals surface area (Å²) in [5, 5.41) is 20.5. The molecule has 0 aliphatic rings. The summed E-state index contributed by atoms with van der Waals surface area (Å²) in [7, 11) is 1.78. The third kappa shape index (κ3) is 2.92. The van der Waals surface area contributed by atoms with Crippen LogP contribution in [-0.4, -0.2) is 36.0 Å². The second-order valence-corrected chi connectivity index (χ2v) is 4.71. The number of tetrazole rings is 1. The normalized spacial score (nSPS) is 10.5. The smallest absolute Gasteiger partial charge is 0.308 e. The Kier molecular flexibility index (Phi) is 3.52. The van der Waals surface area contributed by atoms with E-state index >= 15 is 0 Å². The van der Waals surface area contributed by atoms with Crippen LogP contribution in [0.5, 0.6) is 0 Å². The maximum absolute atomic E-state index is 11.9. The maximum atomic E-state index is 11.9. The number of aromatic nitrogens is 6. The number of nitrogens with one attached hydrogen (secondary N) is 2. The number of benzene rings is 1. The number of carbonyl (C=O) groups excluding carboxylic acids is 1. The molecule has 0 saturated carbocycles. The van der Waals surface area contributed by atoms with Crippen LogP contribution in [0, 0.1) is 6.92 Å². The van der Waals surface area contributed by atoms with Gasteiger partial charge in [-0.1, -0.05) is 0 Å². The molecule has 0 saturated heterocycles. The summed E-state index contributed by atoms with van der Waals surface area (Å²) in [5.41, 5.74) is 2.45. The van der Waals surface area contributed by atoms with Gasteiger partial charge in [0.2, 0.25) is 0 Å². The van der Waals surface area contributed by atoms with E-state index in [1.54, 1.807) is 34.7 Å². The van der Waals surface area contributed by atoms with E-state index in [-0.39, 0.29) is 6.03 Å². The molecule has 0 aliphatic carbocycles. The minimum atomic E-state index is -0.353. The molecule has 2 heterocycles.